The van der Waals surface area contributed by atoms with Gasteiger partial charge in [0, 0.05) is 12.1 Å². The van der Waals surface area contributed by atoms with Gasteiger partial charge in [-0.05, 0) is 43.2 Å². The Morgan fingerprint density at radius 1 is 1.10 bits per heavy atom. The third-order valence-electron chi connectivity index (χ3n) is 5.26. The molecule has 1 atom stereocenters. The Balaban J connectivity index is 1.71. The molecule has 1 saturated heterocycles. The number of benzene rings is 2. The number of thioether (sulfide) groups is 1. The molecule has 3 rings (SSSR count). The molecule has 6 heteroatoms. The molecule has 2 aromatic rings. The van der Waals surface area contributed by atoms with E-state index >= 15 is 0 Å². The van der Waals surface area contributed by atoms with Gasteiger partial charge in [0.25, 0.3) is 0 Å². The van der Waals surface area contributed by atoms with Crippen molar-refractivity contribution in [2.75, 3.05) is 22.6 Å². The molecule has 166 valence electrons. The summed E-state index contributed by atoms with van der Waals surface area (Å²) in [7, 11) is 0. The lowest BCUT2D eigenvalue weighted by Gasteiger charge is -2.26. The largest absolute Gasteiger partial charge is 0.492 e. The zero-order valence-electron chi connectivity index (χ0n) is 18.4. The van der Waals surface area contributed by atoms with Gasteiger partial charge in [-0.1, -0.05) is 56.9 Å². The first kappa shape index (κ1) is 23.2. The van der Waals surface area contributed by atoms with Crippen LogP contribution in [0.1, 0.15) is 63.3 Å². The molecule has 0 saturated carbocycles. The number of rotatable bonds is 11. The number of ether oxygens (including phenoxy) is 1. The summed E-state index contributed by atoms with van der Waals surface area (Å²) in [4.78, 5) is 26.9. The van der Waals surface area contributed by atoms with Gasteiger partial charge in [0.15, 0.2) is 0 Å². The van der Waals surface area contributed by atoms with E-state index in [1.807, 2.05) is 60.4 Å². The zero-order chi connectivity index (χ0) is 22.1. The Labute approximate surface area is 189 Å². The lowest BCUT2D eigenvalue weighted by atomic mass is 10.1. The van der Waals surface area contributed by atoms with Crippen molar-refractivity contribution in [1.29, 1.82) is 0 Å². The van der Waals surface area contributed by atoms with Gasteiger partial charge < -0.3 is 10.1 Å². The van der Waals surface area contributed by atoms with E-state index in [4.69, 9.17) is 4.74 Å². The maximum Gasteiger partial charge on any atom is 0.238 e. The Kier molecular flexibility index (Phi) is 8.83. The number of hydrogen-bond donors (Lipinski definition) is 1. The number of amides is 2. The summed E-state index contributed by atoms with van der Waals surface area (Å²) in [5, 5.41) is 2.87. The lowest BCUT2D eigenvalue weighted by molar-refractivity contribution is -0.117. The summed E-state index contributed by atoms with van der Waals surface area (Å²) in [6, 6.07) is 15.5. The van der Waals surface area contributed by atoms with Gasteiger partial charge in [-0.2, -0.15) is 0 Å². The van der Waals surface area contributed by atoms with Crippen molar-refractivity contribution in [2.45, 2.75) is 57.7 Å². The molecule has 1 aliphatic rings. The molecule has 2 amide bonds. The molecule has 5 nitrogen and oxygen atoms in total. The molecule has 1 N–H and O–H groups in total. The second kappa shape index (κ2) is 11.8. The van der Waals surface area contributed by atoms with Crippen LogP contribution >= 0.6 is 11.8 Å². The molecule has 2 aromatic carbocycles. The topological polar surface area (TPSA) is 58.6 Å². The molecule has 1 heterocycles. The standard InChI is InChI=1S/C25H32N2O3S/c1-3-5-6-7-8-16-23(28)26-20-13-11-12-19(17-20)25-27(24(29)18-31-25)21-14-9-10-15-22(21)30-4-2/h9-15,17,25H,3-8,16,18H2,1-2H3,(H,26,28). The van der Waals surface area contributed by atoms with E-state index in [2.05, 4.69) is 12.2 Å². The van der Waals surface area contributed by atoms with Crippen molar-refractivity contribution in [2.24, 2.45) is 0 Å². The van der Waals surface area contributed by atoms with Crippen LogP contribution in [0.3, 0.4) is 0 Å². The Hall–Kier alpha value is -2.47. The fourth-order valence-electron chi connectivity index (χ4n) is 3.75. The van der Waals surface area contributed by atoms with E-state index in [1.165, 1.54) is 19.3 Å². The Bertz CT molecular complexity index is 887. The number of hydrogen-bond acceptors (Lipinski definition) is 4. The monoisotopic (exact) mass is 440 g/mol. The Morgan fingerprint density at radius 3 is 2.71 bits per heavy atom. The third-order valence-corrected chi connectivity index (χ3v) is 6.47. The second-order valence-electron chi connectivity index (χ2n) is 7.67. The Morgan fingerprint density at radius 2 is 1.90 bits per heavy atom. The van der Waals surface area contributed by atoms with E-state index in [0.717, 1.165) is 29.8 Å². The highest BCUT2D eigenvalue weighted by molar-refractivity contribution is 8.00. The number of carbonyl (C=O) groups excluding carboxylic acids is 2. The molecule has 1 unspecified atom stereocenters. The van der Waals surface area contributed by atoms with E-state index in [9.17, 15) is 9.59 Å². The predicted molar refractivity (Wildman–Crippen MR) is 129 cm³/mol. The van der Waals surface area contributed by atoms with Gasteiger partial charge in [0.2, 0.25) is 11.8 Å². The van der Waals surface area contributed by atoms with E-state index < -0.39 is 0 Å². The third kappa shape index (κ3) is 6.26. The number of anilines is 2. The van der Waals surface area contributed by atoms with E-state index in [1.54, 1.807) is 11.8 Å². The van der Waals surface area contributed by atoms with Crippen LogP contribution in [0.15, 0.2) is 48.5 Å². The minimum Gasteiger partial charge on any atom is -0.492 e. The molecule has 0 aliphatic carbocycles. The zero-order valence-corrected chi connectivity index (χ0v) is 19.2. The van der Waals surface area contributed by atoms with E-state index in [0.29, 0.717) is 24.5 Å². The van der Waals surface area contributed by atoms with Gasteiger partial charge in [-0.3, -0.25) is 14.5 Å². The van der Waals surface area contributed by atoms with Crippen LogP contribution in [0.25, 0.3) is 0 Å². The summed E-state index contributed by atoms with van der Waals surface area (Å²) in [5.74, 6) is 1.23. The maximum atomic E-state index is 12.8. The van der Waals surface area contributed by atoms with Crippen molar-refractivity contribution in [3.05, 3.63) is 54.1 Å². The molecule has 1 aliphatic heterocycles. The van der Waals surface area contributed by atoms with Gasteiger partial charge >= 0.3 is 0 Å². The van der Waals surface area contributed by atoms with Crippen LogP contribution < -0.4 is 15.0 Å². The predicted octanol–water partition coefficient (Wildman–Crippen LogP) is 6.16. The molecule has 0 bridgehead atoms. The molecular weight excluding hydrogens is 408 g/mol. The molecule has 31 heavy (non-hydrogen) atoms. The van der Waals surface area contributed by atoms with Crippen molar-refractivity contribution < 1.29 is 14.3 Å². The van der Waals surface area contributed by atoms with Crippen LogP contribution in [0.2, 0.25) is 0 Å². The van der Waals surface area contributed by atoms with E-state index in [-0.39, 0.29) is 17.2 Å². The smallest absolute Gasteiger partial charge is 0.238 e. The average molecular weight is 441 g/mol. The summed E-state index contributed by atoms with van der Waals surface area (Å²) < 4.78 is 5.76. The molecule has 0 radical (unpaired) electrons. The number of nitrogens with zero attached hydrogens (tertiary/aromatic N) is 1. The van der Waals surface area contributed by atoms with Gasteiger partial charge in [-0.25, -0.2) is 0 Å². The number of nitrogens with one attached hydrogen (secondary N) is 1. The van der Waals surface area contributed by atoms with Crippen LogP contribution in [-0.4, -0.2) is 24.2 Å². The molecule has 0 aromatic heterocycles. The minimum absolute atomic E-state index is 0.0438. The van der Waals surface area contributed by atoms with Crippen molar-refractivity contribution in [3.63, 3.8) is 0 Å². The van der Waals surface area contributed by atoms with Crippen LogP contribution in [0.5, 0.6) is 5.75 Å². The fourth-order valence-corrected chi connectivity index (χ4v) is 4.91. The minimum atomic E-state index is -0.153. The summed E-state index contributed by atoms with van der Waals surface area (Å²) in [6.45, 7) is 4.66. The highest BCUT2D eigenvalue weighted by Gasteiger charge is 2.35. The van der Waals surface area contributed by atoms with Crippen molar-refractivity contribution in [1.82, 2.24) is 0 Å². The fraction of sp³-hybridized carbons (Fsp3) is 0.440. The summed E-state index contributed by atoms with van der Waals surface area (Å²) in [5.41, 5.74) is 2.54. The maximum absolute atomic E-state index is 12.8. The second-order valence-corrected chi connectivity index (χ2v) is 8.73. The number of carbonyl (C=O) groups is 2. The van der Waals surface area contributed by atoms with Crippen molar-refractivity contribution >= 4 is 35.0 Å². The number of unbranched alkanes of at least 4 members (excludes halogenated alkanes) is 4. The first-order valence-corrected chi connectivity index (χ1v) is 12.2. The highest BCUT2D eigenvalue weighted by atomic mass is 32.2. The summed E-state index contributed by atoms with van der Waals surface area (Å²) >= 11 is 1.59. The van der Waals surface area contributed by atoms with Crippen LogP contribution in [0, 0.1) is 0 Å². The highest BCUT2D eigenvalue weighted by Crippen LogP contribution is 2.45. The quantitative estimate of drug-likeness (QED) is 0.425. The first-order valence-electron chi connectivity index (χ1n) is 11.2. The molecular formula is C25H32N2O3S. The molecule has 1 fully saturated rings. The number of para-hydroxylation sites is 2. The first-order chi connectivity index (χ1) is 15.1. The SMILES string of the molecule is CCCCCCCC(=O)Nc1cccc(C2SCC(=O)N2c2ccccc2OCC)c1. The van der Waals surface area contributed by atoms with Gasteiger partial charge in [0.05, 0.1) is 18.0 Å². The van der Waals surface area contributed by atoms with Crippen molar-refractivity contribution in [3.8, 4) is 5.75 Å². The average Bonchev–Trinajstić information content (AvgIpc) is 3.16. The van der Waals surface area contributed by atoms with Gasteiger partial charge in [-0.15, -0.1) is 11.8 Å². The van der Waals surface area contributed by atoms with Gasteiger partial charge in [0.1, 0.15) is 11.1 Å². The van der Waals surface area contributed by atoms with Crippen LogP contribution in [0.4, 0.5) is 11.4 Å². The lowest BCUT2D eigenvalue weighted by Crippen LogP contribution is -2.28. The molecule has 0 spiro atoms. The normalized spacial score (nSPS) is 15.9. The van der Waals surface area contributed by atoms with Crippen LogP contribution in [-0.2, 0) is 9.59 Å². The summed E-state index contributed by atoms with van der Waals surface area (Å²) in [6.07, 6.45) is 6.16.